The van der Waals surface area contributed by atoms with Crippen LogP contribution < -0.4 is 10.6 Å². The number of fused-ring (bicyclic) bond motifs is 1. The molecule has 2 aromatic carbocycles. The Labute approximate surface area is 208 Å². The van der Waals surface area contributed by atoms with E-state index in [-0.39, 0.29) is 11.6 Å². The van der Waals surface area contributed by atoms with Gasteiger partial charge in [-0.3, -0.25) is 9.98 Å². The van der Waals surface area contributed by atoms with E-state index >= 15 is 0 Å². The summed E-state index contributed by atoms with van der Waals surface area (Å²) in [6, 6.07) is 19.0. The van der Waals surface area contributed by atoms with Crippen molar-refractivity contribution in [1.82, 2.24) is 15.5 Å². The predicted octanol–water partition coefficient (Wildman–Crippen LogP) is 4.53. The summed E-state index contributed by atoms with van der Waals surface area (Å²) in [7, 11) is 1.88. The fraction of sp³-hybridized carbons (Fsp3) is 0.429. The first-order chi connectivity index (χ1) is 16.7. The van der Waals surface area contributed by atoms with Crippen molar-refractivity contribution in [3.05, 3.63) is 83.0 Å². The van der Waals surface area contributed by atoms with Crippen LogP contribution in [0, 0.1) is 11.8 Å². The summed E-state index contributed by atoms with van der Waals surface area (Å²) in [5.74, 6) is 3.04. The summed E-state index contributed by atoms with van der Waals surface area (Å²) in [4.78, 5) is 12.5. The normalized spacial score (nSPS) is 27.4. The molecule has 0 bridgehead atoms. The van der Waals surface area contributed by atoms with Crippen molar-refractivity contribution in [3.63, 3.8) is 0 Å². The minimum atomic E-state index is -0.236. The number of piperidine rings is 1. The summed E-state index contributed by atoms with van der Waals surface area (Å²) < 4.78 is 0. The molecule has 0 amide bonds. The third kappa shape index (κ3) is 4.39. The number of likely N-dealkylation sites (tertiary alicyclic amines) is 1. The minimum Gasteiger partial charge on any atom is -0.355 e. The van der Waals surface area contributed by atoms with Gasteiger partial charge in [0.2, 0.25) is 0 Å². The second kappa shape index (κ2) is 9.93. The number of halogens is 1. The summed E-state index contributed by atoms with van der Waals surface area (Å²) in [6.07, 6.45) is 7.53. The van der Waals surface area contributed by atoms with Crippen molar-refractivity contribution >= 4 is 23.3 Å². The lowest BCUT2D eigenvalue weighted by molar-refractivity contribution is 0.169. The lowest BCUT2D eigenvalue weighted by Crippen LogP contribution is -2.50. The average molecular weight is 476 g/mol. The second-order valence-corrected chi connectivity index (χ2v) is 10.0. The molecule has 3 unspecified atom stereocenters. The molecular weight excluding hydrogens is 442 g/mol. The monoisotopic (exact) mass is 475 g/mol. The first-order valence-corrected chi connectivity index (χ1v) is 12.8. The molecule has 1 saturated heterocycles. The molecular formula is C28H34ClN5. The first-order valence-electron chi connectivity index (χ1n) is 12.4. The van der Waals surface area contributed by atoms with E-state index in [2.05, 4.69) is 50.9 Å². The number of rotatable bonds is 7. The molecule has 0 radical (unpaired) electrons. The average Bonchev–Trinajstić information content (AvgIpc) is 3.33. The molecule has 3 aliphatic rings. The van der Waals surface area contributed by atoms with Gasteiger partial charge in [-0.1, -0.05) is 48.0 Å². The minimum absolute atomic E-state index is 0.218. The predicted molar refractivity (Wildman–Crippen MR) is 142 cm³/mol. The third-order valence-electron chi connectivity index (χ3n) is 7.64. The molecule has 3 atom stereocenters. The molecule has 0 aromatic heterocycles. The lowest BCUT2D eigenvalue weighted by atomic mass is 9.88. The number of hydrogen-bond donors (Lipinski definition) is 2. The Bertz CT molecular complexity index is 1070. The second-order valence-electron chi connectivity index (χ2n) is 9.58. The Morgan fingerprint density at radius 1 is 1.18 bits per heavy atom. The van der Waals surface area contributed by atoms with Crippen LogP contribution in [0.4, 0.5) is 0 Å². The van der Waals surface area contributed by atoms with E-state index in [1.807, 2.05) is 50.5 Å². The first kappa shape index (κ1) is 23.1. The zero-order chi connectivity index (χ0) is 23.5. The van der Waals surface area contributed by atoms with E-state index in [9.17, 15) is 0 Å². The van der Waals surface area contributed by atoms with Crippen molar-refractivity contribution in [2.24, 2.45) is 21.8 Å². The number of nitrogens with zero attached hydrogens (tertiary/aromatic N) is 3. The Morgan fingerprint density at radius 3 is 2.59 bits per heavy atom. The summed E-state index contributed by atoms with van der Waals surface area (Å²) in [6.45, 7) is 5.47. The molecule has 2 N–H and O–H groups in total. The summed E-state index contributed by atoms with van der Waals surface area (Å²) >= 11 is 6.11. The highest BCUT2D eigenvalue weighted by molar-refractivity contribution is 6.30. The van der Waals surface area contributed by atoms with E-state index in [4.69, 9.17) is 16.6 Å². The highest BCUT2D eigenvalue weighted by Crippen LogP contribution is 2.57. The highest BCUT2D eigenvalue weighted by Gasteiger charge is 2.73. The molecule has 1 saturated carbocycles. The van der Waals surface area contributed by atoms with Crippen LogP contribution in [0.2, 0.25) is 5.02 Å². The fourth-order valence-corrected chi connectivity index (χ4v) is 5.97. The highest BCUT2D eigenvalue weighted by atomic mass is 35.5. The van der Waals surface area contributed by atoms with Gasteiger partial charge in [0.15, 0.2) is 0 Å². The van der Waals surface area contributed by atoms with Crippen molar-refractivity contribution < 1.29 is 0 Å². The molecule has 2 aliphatic heterocycles. The van der Waals surface area contributed by atoms with Gasteiger partial charge in [-0.15, -0.1) is 0 Å². The molecule has 2 heterocycles. The van der Waals surface area contributed by atoms with Crippen molar-refractivity contribution in [2.75, 3.05) is 26.7 Å². The maximum atomic E-state index is 6.11. The fourth-order valence-electron chi connectivity index (χ4n) is 5.84. The number of benzene rings is 2. The lowest BCUT2D eigenvalue weighted by Gasteiger charge is -2.34. The number of hydrogen-bond acceptors (Lipinski definition) is 4. The zero-order valence-electron chi connectivity index (χ0n) is 20.0. The Hall–Kier alpha value is -2.63. The van der Waals surface area contributed by atoms with Gasteiger partial charge in [0.1, 0.15) is 17.2 Å². The van der Waals surface area contributed by atoms with Gasteiger partial charge in [0.05, 0.1) is 6.04 Å². The maximum Gasteiger partial charge on any atom is 0.129 e. The third-order valence-corrected chi connectivity index (χ3v) is 7.89. The van der Waals surface area contributed by atoms with Crippen molar-refractivity contribution in [1.29, 1.82) is 0 Å². The largest absolute Gasteiger partial charge is 0.355 e. The van der Waals surface area contributed by atoms with Gasteiger partial charge in [0, 0.05) is 30.1 Å². The summed E-state index contributed by atoms with van der Waals surface area (Å²) in [5.41, 5.74) is 2.26. The van der Waals surface area contributed by atoms with Crippen LogP contribution >= 0.6 is 11.6 Å². The van der Waals surface area contributed by atoms with Crippen LogP contribution in [0.25, 0.3) is 0 Å². The molecule has 1 aliphatic carbocycles. The molecule has 2 aromatic rings. The van der Waals surface area contributed by atoms with Gasteiger partial charge < -0.3 is 15.5 Å². The molecule has 5 rings (SSSR count). The van der Waals surface area contributed by atoms with Gasteiger partial charge in [-0.05, 0) is 81.2 Å². The number of aliphatic imine (C=N–C) groups is 2. The van der Waals surface area contributed by atoms with Crippen LogP contribution in [-0.2, 0) is 6.42 Å². The van der Waals surface area contributed by atoms with Crippen LogP contribution in [0.15, 0.2) is 76.9 Å². The van der Waals surface area contributed by atoms with Crippen molar-refractivity contribution in [3.8, 4) is 0 Å². The molecule has 2 fully saturated rings. The molecule has 5 nitrogen and oxygen atoms in total. The quantitative estimate of drug-likeness (QED) is 0.457. The molecule has 34 heavy (non-hydrogen) atoms. The van der Waals surface area contributed by atoms with Gasteiger partial charge >= 0.3 is 0 Å². The molecule has 0 spiro atoms. The Kier molecular flexibility index (Phi) is 6.75. The van der Waals surface area contributed by atoms with Crippen LogP contribution in [0.3, 0.4) is 0 Å². The van der Waals surface area contributed by atoms with Gasteiger partial charge in [0.25, 0.3) is 0 Å². The van der Waals surface area contributed by atoms with Crippen LogP contribution in [-0.4, -0.2) is 54.8 Å². The van der Waals surface area contributed by atoms with Crippen LogP contribution in [0.1, 0.15) is 30.9 Å². The van der Waals surface area contributed by atoms with Gasteiger partial charge in [-0.2, -0.15) is 0 Å². The number of allylic oxidation sites excluding steroid dienone is 1. The summed E-state index contributed by atoms with van der Waals surface area (Å²) in [5, 5.41) is 7.99. The van der Waals surface area contributed by atoms with Crippen molar-refractivity contribution in [2.45, 2.75) is 37.8 Å². The standard InChI is InChI=1S/C28H34ClN5/c1-3-16-31-27(30-2)28-24(25(28)32-26(33-28)22-9-11-23(29)12-10-22)21-14-18-34(19-15-21)17-13-20-7-5-4-6-8-20/h3-12,16,21,24-25H,13-15,17-19H2,1-2H3,(H,30,31)(H,32,33)/b16-3-. The number of amidine groups is 2. The number of nitrogens with one attached hydrogen (secondary N) is 2. The van der Waals surface area contributed by atoms with E-state index in [0.717, 1.165) is 48.3 Å². The SMILES string of the molecule is C/C=C\NC(=NC)C12NC(c3ccc(Cl)cc3)=NC1C2C1CCN(CCc2ccccc2)CC1. The van der Waals surface area contributed by atoms with E-state index in [0.29, 0.717) is 11.8 Å². The van der Waals surface area contributed by atoms with E-state index in [1.165, 1.54) is 18.4 Å². The molecule has 178 valence electrons. The molecule has 6 heteroatoms. The van der Waals surface area contributed by atoms with Crippen LogP contribution in [0.5, 0.6) is 0 Å². The topological polar surface area (TPSA) is 52.0 Å². The van der Waals surface area contributed by atoms with Gasteiger partial charge in [-0.25, -0.2) is 0 Å². The zero-order valence-corrected chi connectivity index (χ0v) is 20.8. The smallest absolute Gasteiger partial charge is 0.129 e. The Morgan fingerprint density at radius 2 is 1.91 bits per heavy atom. The Balaban J connectivity index is 1.28. The van der Waals surface area contributed by atoms with E-state index in [1.54, 1.807) is 0 Å². The maximum absolute atomic E-state index is 6.11. The van der Waals surface area contributed by atoms with E-state index < -0.39 is 0 Å².